The first kappa shape index (κ1) is 25.7. The summed E-state index contributed by atoms with van der Waals surface area (Å²) in [6.07, 6.45) is 1.92. The van der Waals surface area contributed by atoms with Gasteiger partial charge in [0, 0.05) is 25.2 Å². The average molecular weight is 488 g/mol. The third-order valence-electron chi connectivity index (χ3n) is 5.49. The number of amides is 2. The molecular formula is C25H33N3O5S. The summed E-state index contributed by atoms with van der Waals surface area (Å²) in [7, 11) is -3.77. The van der Waals surface area contributed by atoms with E-state index < -0.39 is 22.0 Å². The maximum atomic E-state index is 13.2. The van der Waals surface area contributed by atoms with Crippen molar-refractivity contribution in [2.45, 2.75) is 51.0 Å². The molecule has 2 aromatic carbocycles. The van der Waals surface area contributed by atoms with Crippen molar-refractivity contribution in [2.24, 2.45) is 5.92 Å². The minimum Gasteiger partial charge on any atom is -0.492 e. The lowest BCUT2D eigenvalue weighted by atomic mass is 10.0. The number of sulfonamides is 1. The lowest BCUT2D eigenvalue weighted by Gasteiger charge is -2.21. The van der Waals surface area contributed by atoms with Gasteiger partial charge in [-0.25, -0.2) is 8.42 Å². The lowest BCUT2D eigenvalue weighted by molar-refractivity contribution is -0.127. The molecule has 1 aliphatic heterocycles. The predicted octanol–water partition coefficient (Wildman–Crippen LogP) is 3.71. The minimum atomic E-state index is -3.77. The molecule has 3 rings (SSSR count). The lowest BCUT2D eigenvalue weighted by Crippen LogP contribution is -2.37. The van der Waals surface area contributed by atoms with Crippen LogP contribution in [0.4, 0.5) is 5.69 Å². The molecule has 8 nitrogen and oxygen atoms in total. The first-order valence-corrected chi connectivity index (χ1v) is 13.1. The second-order valence-corrected chi connectivity index (χ2v) is 10.6. The number of hydrogen-bond acceptors (Lipinski definition) is 5. The van der Waals surface area contributed by atoms with E-state index in [9.17, 15) is 18.0 Å². The Kier molecular flexibility index (Phi) is 8.68. The average Bonchev–Trinajstić information content (AvgIpc) is 3.34. The molecule has 0 aromatic heterocycles. The summed E-state index contributed by atoms with van der Waals surface area (Å²) in [5, 5.41) is 5.58. The predicted molar refractivity (Wildman–Crippen MR) is 131 cm³/mol. The van der Waals surface area contributed by atoms with Gasteiger partial charge < -0.3 is 15.4 Å². The maximum Gasteiger partial charge on any atom is 0.251 e. The monoisotopic (exact) mass is 487 g/mol. The molecule has 0 bridgehead atoms. The van der Waals surface area contributed by atoms with E-state index in [2.05, 4.69) is 10.6 Å². The van der Waals surface area contributed by atoms with Gasteiger partial charge in [-0.2, -0.15) is 4.31 Å². The first-order valence-electron chi connectivity index (χ1n) is 11.6. The summed E-state index contributed by atoms with van der Waals surface area (Å²) in [4.78, 5) is 25.7. The molecule has 2 amide bonds. The molecule has 9 heteroatoms. The summed E-state index contributed by atoms with van der Waals surface area (Å²) in [6, 6.07) is 12.6. The van der Waals surface area contributed by atoms with Crippen molar-refractivity contribution in [2.75, 3.05) is 25.0 Å². The van der Waals surface area contributed by atoms with Crippen molar-refractivity contribution in [1.29, 1.82) is 0 Å². The van der Waals surface area contributed by atoms with Gasteiger partial charge in [-0.05, 0) is 49.4 Å². The molecule has 0 spiro atoms. The summed E-state index contributed by atoms with van der Waals surface area (Å²) >= 11 is 0. The summed E-state index contributed by atoms with van der Waals surface area (Å²) in [5.41, 5.74) is 0.943. The van der Waals surface area contributed by atoms with Crippen LogP contribution >= 0.6 is 0 Å². The zero-order chi connectivity index (χ0) is 24.7. The number of anilines is 1. The van der Waals surface area contributed by atoms with Crippen LogP contribution in [0.2, 0.25) is 0 Å². The Morgan fingerprint density at radius 2 is 1.74 bits per heavy atom. The fourth-order valence-electron chi connectivity index (χ4n) is 3.88. The topological polar surface area (TPSA) is 105 Å². The normalized spacial score (nSPS) is 15.2. The van der Waals surface area contributed by atoms with Crippen molar-refractivity contribution in [3.05, 3.63) is 54.1 Å². The Bertz CT molecular complexity index is 1100. The number of rotatable bonds is 10. The molecular weight excluding hydrogens is 454 g/mol. The third-order valence-corrected chi connectivity index (χ3v) is 7.41. The molecule has 1 fully saturated rings. The molecule has 2 aromatic rings. The highest BCUT2D eigenvalue weighted by Crippen LogP contribution is 2.32. The molecule has 0 radical (unpaired) electrons. The van der Waals surface area contributed by atoms with Crippen molar-refractivity contribution >= 4 is 27.5 Å². The number of nitrogens with zero attached hydrogens (tertiary/aromatic N) is 1. The van der Waals surface area contributed by atoms with Crippen LogP contribution in [-0.2, 0) is 19.6 Å². The Balaban J connectivity index is 1.89. The summed E-state index contributed by atoms with van der Waals surface area (Å²) < 4.78 is 33.5. The van der Waals surface area contributed by atoms with Crippen LogP contribution in [0.1, 0.15) is 51.6 Å². The van der Waals surface area contributed by atoms with Gasteiger partial charge in [0.25, 0.3) is 5.91 Å². The Hall–Kier alpha value is -2.91. The van der Waals surface area contributed by atoms with Crippen LogP contribution in [0, 0.1) is 5.92 Å². The Morgan fingerprint density at radius 3 is 2.35 bits per heavy atom. The van der Waals surface area contributed by atoms with Gasteiger partial charge in [0.05, 0.1) is 6.61 Å². The molecule has 1 aliphatic rings. The molecule has 34 heavy (non-hydrogen) atoms. The molecule has 2 N–H and O–H groups in total. The smallest absolute Gasteiger partial charge is 0.251 e. The first-order chi connectivity index (χ1) is 16.2. The highest BCUT2D eigenvalue weighted by atomic mass is 32.2. The quantitative estimate of drug-likeness (QED) is 0.532. The number of hydrogen-bond donors (Lipinski definition) is 2. The third kappa shape index (κ3) is 6.36. The second-order valence-electron chi connectivity index (χ2n) is 8.70. The minimum absolute atomic E-state index is 0.0224. The van der Waals surface area contributed by atoms with Crippen LogP contribution in [0.3, 0.4) is 0 Å². The Labute approximate surface area is 201 Å². The van der Waals surface area contributed by atoms with Gasteiger partial charge in [0.15, 0.2) is 0 Å². The fourth-order valence-corrected chi connectivity index (χ4v) is 5.55. The van der Waals surface area contributed by atoms with E-state index in [0.717, 1.165) is 12.8 Å². The Morgan fingerprint density at radius 1 is 1.06 bits per heavy atom. The van der Waals surface area contributed by atoms with Gasteiger partial charge in [0.2, 0.25) is 15.9 Å². The van der Waals surface area contributed by atoms with E-state index in [0.29, 0.717) is 30.9 Å². The van der Waals surface area contributed by atoms with Gasteiger partial charge >= 0.3 is 0 Å². The van der Waals surface area contributed by atoms with E-state index >= 15 is 0 Å². The van der Waals surface area contributed by atoms with Crippen LogP contribution in [0.5, 0.6) is 5.75 Å². The zero-order valence-electron chi connectivity index (χ0n) is 19.9. The van der Waals surface area contributed by atoms with E-state index in [-0.39, 0.29) is 28.9 Å². The standard InChI is InChI=1S/C25H33N3O5S/c1-4-33-21-13-12-20(17-22(21)34(31,32)28-14-8-9-15-28)26-25(30)24(19-10-6-5-7-11-19)27-23(29)16-18(2)3/h5-7,10-13,17-18,24H,4,8-9,14-16H2,1-3H3,(H,26,30)(H,27,29). The molecule has 0 saturated carbocycles. The molecule has 1 unspecified atom stereocenters. The van der Waals surface area contributed by atoms with Crippen LogP contribution in [0.25, 0.3) is 0 Å². The van der Waals surface area contributed by atoms with Crippen LogP contribution in [0.15, 0.2) is 53.4 Å². The van der Waals surface area contributed by atoms with Crippen molar-refractivity contribution in [1.82, 2.24) is 9.62 Å². The van der Waals surface area contributed by atoms with Crippen LogP contribution < -0.4 is 15.4 Å². The molecule has 1 atom stereocenters. The van der Waals surface area contributed by atoms with Crippen molar-refractivity contribution in [3.63, 3.8) is 0 Å². The van der Waals surface area contributed by atoms with Crippen molar-refractivity contribution in [3.8, 4) is 5.75 Å². The SMILES string of the molecule is CCOc1ccc(NC(=O)C(NC(=O)CC(C)C)c2ccccc2)cc1S(=O)(=O)N1CCCC1. The number of ether oxygens (including phenoxy) is 1. The van der Waals surface area contributed by atoms with Gasteiger partial charge in [-0.3, -0.25) is 9.59 Å². The van der Waals surface area contributed by atoms with Crippen molar-refractivity contribution < 1.29 is 22.7 Å². The largest absolute Gasteiger partial charge is 0.492 e. The highest BCUT2D eigenvalue weighted by molar-refractivity contribution is 7.89. The van der Waals surface area contributed by atoms with Gasteiger partial charge in [0.1, 0.15) is 16.7 Å². The van der Waals surface area contributed by atoms with E-state index in [4.69, 9.17) is 4.74 Å². The molecule has 1 saturated heterocycles. The highest BCUT2D eigenvalue weighted by Gasteiger charge is 2.31. The molecule has 1 heterocycles. The van der Waals surface area contributed by atoms with E-state index in [1.807, 2.05) is 19.9 Å². The van der Waals surface area contributed by atoms with Gasteiger partial charge in [-0.1, -0.05) is 44.2 Å². The number of benzene rings is 2. The molecule has 184 valence electrons. The summed E-state index contributed by atoms with van der Waals surface area (Å²) in [6.45, 7) is 6.88. The van der Waals surface area contributed by atoms with E-state index in [1.165, 1.54) is 10.4 Å². The summed E-state index contributed by atoms with van der Waals surface area (Å²) in [5.74, 6) is -0.304. The maximum absolute atomic E-state index is 13.2. The zero-order valence-corrected chi connectivity index (χ0v) is 20.7. The molecule has 0 aliphatic carbocycles. The van der Waals surface area contributed by atoms with Crippen LogP contribution in [-0.4, -0.2) is 44.2 Å². The number of nitrogens with one attached hydrogen (secondary N) is 2. The fraction of sp³-hybridized carbons (Fsp3) is 0.440. The van der Waals surface area contributed by atoms with E-state index in [1.54, 1.807) is 43.3 Å². The van der Waals surface area contributed by atoms with Gasteiger partial charge in [-0.15, -0.1) is 0 Å². The number of carbonyl (C=O) groups is 2. The second kappa shape index (κ2) is 11.5. The number of carbonyl (C=O) groups excluding carboxylic acids is 2.